The van der Waals surface area contributed by atoms with Crippen LogP contribution in [-0.4, -0.2) is 12.1 Å². The van der Waals surface area contributed by atoms with Gasteiger partial charge in [-0.05, 0) is 62.4 Å². The second-order valence-electron chi connectivity index (χ2n) is 9.41. The normalized spacial score (nSPS) is 14.6. The summed E-state index contributed by atoms with van der Waals surface area (Å²) in [5.41, 5.74) is 9.34. The fourth-order valence-corrected chi connectivity index (χ4v) is 4.83. The summed E-state index contributed by atoms with van der Waals surface area (Å²) in [6, 6.07) is 22.3. The van der Waals surface area contributed by atoms with Gasteiger partial charge in [0.15, 0.2) is 5.75 Å². The average Bonchev–Trinajstić information content (AvgIpc) is 2.93. The third-order valence-electron chi connectivity index (χ3n) is 6.78. The van der Waals surface area contributed by atoms with Gasteiger partial charge in [0.25, 0.3) is 0 Å². The molecule has 3 aromatic carbocycles. The highest BCUT2D eigenvalue weighted by Gasteiger charge is 2.38. The highest BCUT2D eigenvalue weighted by atomic mass is 16.5. The van der Waals surface area contributed by atoms with Gasteiger partial charge in [0.2, 0.25) is 11.8 Å². The standard InChI is InChI=1S/C31H23N3O5/c1-16-4-7-19(8-5-16)37-30-22(14-18-13-20(36-3)9-10-24(18)34-30)26-23(15-32)29(33)39-28-21-12-17(2)6-11-25(21)38-31(35)27(26)28/h4-14,26H,33H2,1-3H3. The number of nitrogens with two attached hydrogens (primary N) is 1. The van der Waals surface area contributed by atoms with Gasteiger partial charge in [-0.15, -0.1) is 0 Å². The van der Waals surface area contributed by atoms with Crippen LogP contribution in [0.2, 0.25) is 0 Å². The van der Waals surface area contributed by atoms with Crippen molar-refractivity contribution in [3.63, 3.8) is 0 Å². The van der Waals surface area contributed by atoms with Crippen molar-refractivity contribution < 1.29 is 18.6 Å². The molecule has 6 rings (SSSR count). The Morgan fingerprint density at radius 1 is 0.974 bits per heavy atom. The number of nitriles is 1. The summed E-state index contributed by atoms with van der Waals surface area (Å²) in [6.45, 7) is 3.90. The largest absolute Gasteiger partial charge is 0.497 e. The van der Waals surface area contributed by atoms with Crippen LogP contribution in [0.4, 0.5) is 0 Å². The first-order valence-corrected chi connectivity index (χ1v) is 12.2. The van der Waals surface area contributed by atoms with Crippen molar-refractivity contribution in [2.45, 2.75) is 19.8 Å². The highest BCUT2D eigenvalue weighted by Crippen LogP contribution is 2.47. The van der Waals surface area contributed by atoms with Crippen LogP contribution < -0.4 is 25.6 Å². The molecule has 0 saturated carbocycles. The lowest BCUT2D eigenvalue weighted by Crippen LogP contribution is -2.26. The van der Waals surface area contributed by atoms with Crippen molar-refractivity contribution in [1.29, 1.82) is 5.26 Å². The number of pyridine rings is 1. The fraction of sp³-hybridized carbons (Fsp3) is 0.129. The quantitative estimate of drug-likeness (QED) is 0.289. The van der Waals surface area contributed by atoms with Crippen molar-refractivity contribution in [2.24, 2.45) is 5.73 Å². The molecule has 0 spiro atoms. The van der Waals surface area contributed by atoms with Crippen molar-refractivity contribution in [1.82, 2.24) is 4.98 Å². The van der Waals surface area contributed by atoms with Crippen molar-refractivity contribution in [2.75, 3.05) is 7.11 Å². The zero-order valence-corrected chi connectivity index (χ0v) is 21.4. The number of rotatable bonds is 4. The smallest absolute Gasteiger partial charge is 0.344 e. The van der Waals surface area contributed by atoms with Gasteiger partial charge in [-0.25, -0.2) is 9.78 Å². The van der Waals surface area contributed by atoms with E-state index in [1.165, 1.54) is 0 Å². The molecule has 8 heteroatoms. The topological polar surface area (TPSA) is 121 Å². The van der Waals surface area contributed by atoms with E-state index < -0.39 is 11.5 Å². The SMILES string of the molecule is COc1ccc2nc(Oc3ccc(C)cc3)c(C3C(C#N)=C(N)Oc4c3c(=O)oc3ccc(C)cc43)cc2c1. The number of aromatic nitrogens is 1. The number of hydrogen-bond donors (Lipinski definition) is 1. The van der Waals surface area contributed by atoms with Crippen LogP contribution in [0.5, 0.6) is 23.1 Å². The third-order valence-corrected chi connectivity index (χ3v) is 6.78. The maximum Gasteiger partial charge on any atom is 0.344 e. The number of aryl methyl sites for hydroxylation is 2. The van der Waals surface area contributed by atoms with Gasteiger partial charge in [-0.1, -0.05) is 29.3 Å². The maximum atomic E-state index is 13.5. The molecule has 5 aromatic rings. The van der Waals surface area contributed by atoms with E-state index >= 15 is 0 Å². The van der Waals surface area contributed by atoms with Gasteiger partial charge in [-0.2, -0.15) is 5.26 Å². The van der Waals surface area contributed by atoms with E-state index in [0.717, 1.165) is 16.5 Å². The molecule has 2 aromatic heterocycles. The molecule has 0 fully saturated rings. The van der Waals surface area contributed by atoms with Crippen LogP contribution in [0.3, 0.4) is 0 Å². The molecule has 3 heterocycles. The van der Waals surface area contributed by atoms with Crippen molar-refractivity contribution >= 4 is 21.9 Å². The van der Waals surface area contributed by atoms with E-state index in [2.05, 4.69) is 6.07 Å². The Hall–Kier alpha value is -5.29. The van der Waals surface area contributed by atoms with Gasteiger partial charge >= 0.3 is 5.63 Å². The minimum atomic E-state index is -0.955. The van der Waals surface area contributed by atoms with E-state index in [0.29, 0.717) is 33.5 Å². The summed E-state index contributed by atoms with van der Waals surface area (Å²) in [7, 11) is 1.58. The predicted molar refractivity (Wildman–Crippen MR) is 146 cm³/mol. The van der Waals surface area contributed by atoms with Crippen molar-refractivity contribution in [3.05, 3.63) is 111 Å². The number of hydrogen-bond acceptors (Lipinski definition) is 8. The summed E-state index contributed by atoms with van der Waals surface area (Å²) < 4.78 is 23.3. The molecule has 1 aliphatic heterocycles. The highest BCUT2D eigenvalue weighted by molar-refractivity contribution is 5.87. The number of fused-ring (bicyclic) bond motifs is 4. The summed E-state index contributed by atoms with van der Waals surface area (Å²) >= 11 is 0. The molecule has 1 unspecified atom stereocenters. The van der Waals surface area contributed by atoms with E-state index in [1.54, 1.807) is 19.2 Å². The van der Waals surface area contributed by atoms with Crippen LogP contribution in [-0.2, 0) is 0 Å². The van der Waals surface area contributed by atoms with Gasteiger partial charge in [0.1, 0.15) is 28.7 Å². The Bertz CT molecular complexity index is 1920. The molecule has 0 saturated heterocycles. The van der Waals surface area contributed by atoms with E-state index in [-0.39, 0.29) is 28.6 Å². The molecule has 1 atom stereocenters. The Balaban J connectivity index is 1.67. The van der Waals surface area contributed by atoms with Gasteiger partial charge in [-0.3, -0.25) is 0 Å². The minimum Gasteiger partial charge on any atom is -0.497 e. The Morgan fingerprint density at radius 2 is 1.72 bits per heavy atom. The second kappa shape index (κ2) is 9.23. The molecule has 2 N–H and O–H groups in total. The van der Waals surface area contributed by atoms with Gasteiger partial charge < -0.3 is 24.4 Å². The van der Waals surface area contributed by atoms with E-state index in [4.69, 9.17) is 29.3 Å². The summed E-state index contributed by atoms with van der Waals surface area (Å²) in [4.78, 5) is 18.3. The molecule has 8 nitrogen and oxygen atoms in total. The lowest BCUT2D eigenvalue weighted by Gasteiger charge is -2.27. The minimum absolute atomic E-state index is 0.0552. The number of methoxy groups -OCH3 is 1. The van der Waals surface area contributed by atoms with Crippen molar-refractivity contribution in [3.8, 4) is 29.2 Å². The third kappa shape index (κ3) is 4.10. The lowest BCUT2D eigenvalue weighted by atomic mass is 9.83. The molecule has 1 aliphatic rings. The first-order valence-electron chi connectivity index (χ1n) is 12.2. The summed E-state index contributed by atoms with van der Waals surface area (Å²) in [5.74, 6) is 0.591. The molecular formula is C31H23N3O5. The number of allylic oxidation sites excluding steroid dienone is 1. The summed E-state index contributed by atoms with van der Waals surface area (Å²) in [5, 5.41) is 11.5. The molecule has 0 bridgehead atoms. The molecule has 0 amide bonds. The summed E-state index contributed by atoms with van der Waals surface area (Å²) in [6.07, 6.45) is 0. The Morgan fingerprint density at radius 3 is 2.46 bits per heavy atom. The molecule has 39 heavy (non-hydrogen) atoms. The van der Waals surface area contributed by atoms with E-state index in [9.17, 15) is 10.1 Å². The van der Waals surface area contributed by atoms with Crippen LogP contribution in [0.25, 0.3) is 21.9 Å². The van der Waals surface area contributed by atoms with E-state index in [1.807, 2.05) is 68.4 Å². The number of ether oxygens (including phenoxy) is 3. The Labute approximate surface area is 223 Å². The zero-order valence-electron chi connectivity index (χ0n) is 21.4. The predicted octanol–water partition coefficient (Wildman–Crippen LogP) is 5.98. The van der Waals surface area contributed by atoms with Crippen LogP contribution in [0.15, 0.2) is 87.4 Å². The second-order valence-corrected chi connectivity index (χ2v) is 9.41. The maximum absolute atomic E-state index is 13.5. The van der Waals surface area contributed by atoms with Gasteiger partial charge in [0.05, 0.1) is 29.5 Å². The Kier molecular flexibility index (Phi) is 5.69. The first-order chi connectivity index (χ1) is 18.9. The molecule has 0 radical (unpaired) electrons. The average molecular weight is 518 g/mol. The van der Waals surface area contributed by atoms with Gasteiger partial charge in [0, 0.05) is 10.9 Å². The number of nitrogens with zero attached hydrogens (tertiary/aromatic N) is 2. The lowest BCUT2D eigenvalue weighted by molar-refractivity contribution is 0.385. The molecular weight excluding hydrogens is 494 g/mol. The monoisotopic (exact) mass is 517 g/mol. The fourth-order valence-electron chi connectivity index (χ4n) is 4.83. The number of benzene rings is 3. The molecule has 192 valence electrons. The van der Waals surface area contributed by atoms with Crippen LogP contribution in [0, 0.1) is 25.2 Å². The van der Waals surface area contributed by atoms with Crippen LogP contribution in [0.1, 0.15) is 28.2 Å². The zero-order chi connectivity index (χ0) is 27.3. The molecule has 0 aliphatic carbocycles. The van der Waals surface area contributed by atoms with Crippen LogP contribution >= 0.6 is 0 Å². The first kappa shape index (κ1) is 24.1.